The molecule has 9 nitrogen and oxygen atoms in total. The molecule has 1 atom stereocenters. The Bertz CT molecular complexity index is 953. The van der Waals surface area contributed by atoms with Crippen LogP contribution in [0.5, 0.6) is 11.5 Å². The van der Waals surface area contributed by atoms with E-state index in [1.54, 1.807) is 19.2 Å². The van der Waals surface area contributed by atoms with Gasteiger partial charge in [-0.2, -0.15) is 0 Å². The Morgan fingerprint density at radius 2 is 1.45 bits per heavy atom. The van der Waals surface area contributed by atoms with Gasteiger partial charge in [-0.05, 0) is 55.2 Å². The molecule has 1 amide bonds. The lowest BCUT2D eigenvalue weighted by atomic mass is 10.0. The zero-order valence-corrected chi connectivity index (χ0v) is 18.8. The molecule has 0 bridgehead atoms. The summed E-state index contributed by atoms with van der Waals surface area (Å²) >= 11 is 0. The Labute approximate surface area is 192 Å². The molecule has 0 aliphatic carbocycles. The van der Waals surface area contributed by atoms with Crippen molar-refractivity contribution in [3.05, 3.63) is 59.7 Å². The summed E-state index contributed by atoms with van der Waals surface area (Å²) in [5.41, 5.74) is 1.76. The number of ether oxygens (including phenoxy) is 4. The van der Waals surface area contributed by atoms with Crippen LogP contribution in [0.3, 0.4) is 0 Å². The average Bonchev–Trinajstić information content (AvgIpc) is 2.78. The van der Waals surface area contributed by atoms with Crippen LogP contribution >= 0.6 is 0 Å². The number of amides is 1. The minimum Gasteiger partial charge on any atom is -0.497 e. The Balaban J connectivity index is 1.84. The van der Waals surface area contributed by atoms with Gasteiger partial charge in [0, 0.05) is 13.3 Å². The first-order valence-electron chi connectivity index (χ1n) is 10.3. The number of ketones is 1. The van der Waals surface area contributed by atoms with Gasteiger partial charge in [0.25, 0.3) is 0 Å². The van der Waals surface area contributed by atoms with E-state index in [1.807, 2.05) is 24.3 Å². The first-order chi connectivity index (χ1) is 15.8. The number of aryl methyl sites for hydroxylation is 1. The number of carbonyl (C=O) groups is 4. The highest BCUT2D eigenvalue weighted by atomic mass is 16.8. The van der Waals surface area contributed by atoms with Gasteiger partial charge >= 0.3 is 12.1 Å². The molecule has 1 N–H and O–H groups in total. The summed E-state index contributed by atoms with van der Waals surface area (Å²) in [6.07, 6.45) is 0.0637. The quantitative estimate of drug-likeness (QED) is 0.311. The lowest BCUT2D eigenvalue weighted by molar-refractivity contribution is -0.149. The Kier molecular flexibility index (Phi) is 9.88. The number of nitrogens with one attached hydrogen (secondary N) is 1. The molecule has 2 rings (SSSR count). The Hall–Kier alpha value is -3.88. The maximum atomic E-state index is 12.4. The van der Waals surface area contributed by atoms with E-state index in [0.29, 0.717) is 12.8 Å². The van der Waals surface area contributed by atoms with Crippen molar-refractivity contribution in [2.45, 2.75) is 39.2 Å². The van der Waals surface area contributed by atoms with Crippen LogP contribution in [0.25, 0.3) is 0 Å². The van der Waals surface area contributed by atoms with Crippen molar-refractivity contribution in [3.63, 3.8) is 0 Å². The average molecular weight is 457 g/mol. The molecule has 0 saturated heterocycles. The highest BCUT2D eigenvalue weighted by molar-refractivity contribution is 5.87. The zero-order chi connectivity index (χ0) is 24.2. The van der Waals surface area contributed by atoms with E-state index in [9.17, 15) is 19.2 Å². The first-order valence-corrected chi connectivity index (χ1v) is 10.3. The number of rotatable bonds is 11. The van der Waals surface area contributed by atoms with Crippen molar-refractivity contribution in [2.24, 2.45) is 0 Å². The first kappa shape index (κ1) is 25.4. The van der Waals surface area contributed by atoms with Crippen LogP contribution in [-0.2, 0) is 36.7 Å². The second kappa shape index (κ2) is 12.8. The van der Waals surface area contributed by atoms with Crippen molar-refractivity contribution in [3.8, 4) is 11.5 Å². The third kappa shape index (κ3) is 9.42. The number of methoxy groups -OCH3 is 1. The summed E-state index contributed by atoms with van der Waals surface area (Å²) in [4.78, 5) is 46.6. The van der Waals surface area contributed by atoms with Gasteiger partial charge in [-0.1, -0.05) is 24.3 Å². The highest BCUT2D eigenvalue weighted by Gasteiger charge is 2.18. The largest absolute Gasteiger partial charge is 0.516 e. The zero-order valence-electron chi connectivity index (χ0n) is 18.8. The Morgan fingerprint density at radius 3 is 2.03 bits per heavy atom. The van der Waals surface area contributed by atoms with Crippen LogP contribution in [0, 0.1) is 0 Å². The van der Waals surface area contributed by atoms with Gasteiger partial charge in [-0.3, -0.25) is 14.4 Å². The Morgan fingerprint density at radius 1 is 0.848 bits per heavy atom. The molecule has 9 heteroatoms. The molecule has 2 aromatic rings. The fraction of sp³-hybridized carbons (Fsp3) is 0.333. The van der Waals surface area contributed by atoms with Crippen molar-refractivity contribution in [1.29, 1.82) is 0 Å². The molecule has 0 aliphatic heterocycles. The molecule has 0 spiro atoms. The smallest absolute Gasteiger partial charge is 0.497 e. The molecule has 1 unspecified atom stereocenters. The molecule has 0 aliphatic rings. The molecule has 0 saturated carbocycles. The SMILES string of the molecule is COc1ccc(CCC(=O)NC(Cc2ccc(OC(=O)OCOC(C)=O)cc2)C(C)=O)cc1. The van der Waals surface area contributed by atoms with Gasteiger partial charge in [0.05, 0.1) is 13.2 Å². The molecule has 0 radical (unpaired) electrons. The molecule has 0 aromatic heterocycles. The molecular weight excluding hydrogens is 430 g/mol. The van der Waals surface area contributed by atoms with Gasteiger partial charge in [0.15, 0.2) is 5.78 Å². The van der Waals surface area contributed by atoms with Gasteiger partial charge in [-0.15, -0.1) is 0 Å². The lowest BCUT2D eigenvalue weighted by Crippen LogP contribution is -2.41. The van der Waals surface area contributed by atoms with Gasteiger partial charge in [0.2, 0.25) is 12.7 Å². The maximum absolute atomic E-state index is 12.4. The summed E-state index contributed by atoms with van der Waals surface area (Å²) in [5, 5.41) is 2.78. The summed E-state index contributed by atoms with van der Waals surface area (Å²) in [6.45, 7) is 2.07. The van der Waals surface area contributed by atoms with Gasteiger partial charge < -0.3 is 24.3 Å². The number of hydrogen-bond acceptors (Lipinski definition) is 8. The number of hydrogen-bond donors (Lipinski definition) is 1. The van der Waals surface area contributed by atoms with E-state index < -0.39 is 25.0 Å². The van der Waals surface area contributed by atoms with E-state index >= 15 is 0 Å². The van der Waals surface area contributed by atoms with E-state index in [4.69, 9.17) is 9.47 Å². The number of esters is 1. The van der Waals surface area contributed by atoms with Crippen LogP contribution in [0.15, 0.2) is 48.5 Å². The fourth-order valence-corrected chi connectivity index (χ4v) is 2.83. The highest BCUT2D eigenvalue weighted by Crippen LogP contribution is 2.15. The van der Waals surface area contributed by atoms with E-state index in [2.05, 4.69) is 14.8 Å². The van der Waals surface area contributed by atoms with Crippen LogP contribution in [0.4, 0.5) is 4.79 Å². The fourth-order valence-electron chi connectivity index (χ4n) is 2.83. The third-order valence-corrected chi connectivity index (χ3v) is 4.63. The predicted molar refractivity (Wildman–Crippen MR) is 118 cm³/mol. The van der Waals surface area contributed by atoms with E-state index in [0.717, 1.165) is 16.9 Å². The van der Waals surface area contributed by atoms with Crippen molar-refractivity contribution in [2.75, 3.05) is 13.9 Å². The predicted octanol–water partition coefficient (Wildman–Crippen LogP) is 2.98. The summed E-state index contributed by atoms with van der Waals surface area (Å²) in [6, 6.07) is 13.2. The molecule has 176 valence electrons. The van der Waals surface area contributed by atoms with Crippen LogP contribution in [-0.4, -0.2) is 43.8 Å². The van der Waals surface area contributed by atoms with Crippen molar-refractivity contribution in [1.82, 2.24) is 5.32 Å². The van der Waals surface area contributed by atoms with Crippen LogP contribution < -0.4 is 14.8 Å². The lowest BCUT2D eigenvalue weighted by Gasteiger charge is -2.16. The minimum atomic E-state index is -1.02. The number of Topliss-reactive ketones (excluding diaryl/α,β-unsaturated/α-hetero) is 1. The second-order valence-electron chi connectivity index (χ2n) is 7.18. The summed E-state index contributed by atoms with van der Waals surface area (Å²) < 4.78 is 19.2. The normalized spacial score (nSPS) is 11.1. The van der Waals surface area contributed by atoms with Crippen molar-refractivity contribution < 1.29 is 38.1 Å². The molecule has 2 aromatic carbocycles. The number of benzene rings is 2. The number of carbonyl (C=O) groups excluding carboxylic acids is 4. The third-order valence-electron chi connectivity index (χ3n) is 4.63. The topological polar surface area (TPSA) is 117 Å². The standard InChI is InChI=1S/C24H27NO8/c1-16(26)22(25-23(28)13-8-18-4-9-20(30-3)10-5-18)14-19-6-11-21(12-7-19)33-24(29)32-15-31-17(2)27/h4-7,9-12,22H,8,13-15H2,1-3H3,(H,25,28). The summed E-state index contributed by atoms with van der Waals surface area (Å²) in [7, 11) is 1.59. The summed E-state index contributed by atoms with van der Waals surface area (Å²) in [5.74, 6) is -0.00620. The minimum absolute atomic E-state index is 0.165. The van der Waals surface area contributed by atoms with E-state index in [-0.39, 0.29) is 23.9 Å². The maximum Gasteiger partial charge on any atom is 0.516 e. The molecule has 33 heavy (non-hydrogen) atoms. The molecule has 0 fully saturated rings. The van der Waals surface area contributed by atoms with Crippen LogP contribution in [0.1, 0.15) is 31.4 Å². The van der Waals surface area contributed by atoms with Crippen molar-refractivity contribution >= 4 is 23.8 Å². The van der Waals surface area contributed by atoms with Gasteiger partial charge in [-0.25, -0.2) is 4.79 Å². The monoisotopic (exact) mass is 457 g/mol. The van der Waals surface area contributed by atoms with E-state index in [1.165, 1.54) is 26.0 Å². The van der Waals surface area contributed by atoms with Crippen LogP contribution in [0.2, 0.25) is 0 Å². The molecule has 0 heterocycles. The second-order valence-corrected chi connectivity index (χ2v) is 7.18. The molecular formula is C24H27NO8. The van der Waals surface area contributed by atoms with Gasteiger partial charge in [0.1, 0.15) is 11.5 Å².